The first-order valence-corrected chi connectivity index (χ1v) is 5.66. The molecule has 16 heavy (non-hydrogen) atoms. The van der Waals surface area contributed by atoms with Gasteiger partial charge in [-0.05, 0) is 20.3 Å². The maximum atomic E-state index is 12.0. The SMILES string of the molecule is CCN(CCC(=O)O)C(=O)C1COC(C)C1. The molecule has 0 aromatic carbocycles. The van der Waals surface area contributed by atoms with Crippen LogP contribution in [0.4, 0.5) is 0 Å². The summed E-state index contributed by atoms with van der Waals surface area (Å²) in [6.45, 7) is 5.11. The van der Waals surface area contributed by atoms with Gasteiger partial charge >= 0.3 is 5.97 Å². The van der Waals surface area contributed by atoms with Gasteiger partial charge in [0.25, 0.3) is 0 Å². The molecule has 1 saturated heterocycles. The van der Waals surface area contributed by atoms with Gasteiger partial charge in [0.05, 0.1) is 25.0 Å². The van der Waals surface area contributed by atoms with Gasteiger partial charge in [0.2, 0.25) is 5.91 Å². The van der Waals surface area contributed by atoms with Crippen LogP contribution in [-0.4, -0.2) is 47.7 Å². The second-order valence-electron chi connectivity index (χ2n) is 4.14. The van der Waals surface area contributed by atoms with Crippen molar-refractivity contribution in [1.82, 2.24) is 4.90 Å². The third-order valence-corrected chi connectivity index (χ3v) is 2.84. The largest absolute Gasteiger partial charge is 0.481 e. The molecule has 1 aliphatic heterocycles. The lowest BCUT2D eigenvalue weighted by atomic mass is 10.0. The van der Waals surface area contributed by atoms with Gasteiger partial charge in [-0.2, -0.15) is 0 Å². The quantitative estimate of drug-likeness (QED) is 0.755. The normalized spacial score (nSPS) is 24.4. The molecule has 0 radical (unpaired) electrons. The van der Waals surface area contributed by atoms with Crippen molar-refractivity contribution in [2.45, 2.75) is 32.8 Å². The van der Waals surface area contributed by atoms with Crippen LogP contribution in [0.15, 0.2) is 0 Å². The van der Waals surface area contributed by atoms with E-state index >= 15 is 0 Å². The molecule has 2 atom stereocenters. The number of carbonyl (C=O) groups excluding carboxylic acids is 1. The Hall–Kier alpha value is -1.10. The zero-order valence-electron chi connectivity index (χ0n) is 9.81. The Bertz CT molecular complexity index is 267. The van der Waals surface area contributed by atoms with E-state index in [2.05, 4.69) is 0 Å². The van der Waals surface area contributed by atoms with Crippen LogP contribution < -0.4 is 0 Å². The fourth-order valence-corrected chi connectivity index (χ4v) is 1.90. The van der Waals surface area contributed by atoms with E-state index in [9.17, 15) is 9.59 Å². The highest BCUT2D eigenvalue weighted by molar-refractivity contribution is 5.79. The van der Waals surface area contributed by atoms with Crippen LogP contribution in [-0.2, 0) is 14.3 Å². The van der Waals surface area contributed by atoms with Crippen molar-refractivity contribution in [2.24, 2.45) is 5.92 Å². The van der Waals surface area contributed by atoms with Crippen molar-refractivity contribution in [1.29, 1.82) is 0 Å². The fraction of sp³-hybridized carbons (Fsp3) is 0.818. The van der Waals surface area contributed by atoms with Gasteiger partial charge in [0.15, 0.2) is 0 Å². The predicted octanol–water partition coefficient (Wildman–Crippen LogP) is 0.735. The maximum absolute atomic E-state index is 12.0. The number of aliphatic carboxylic acids is 1. The first-order chi connectivity index (χ1) is 7.54. The van der Waals surface area contributed by atoms with Crippen LogP contribution in [0.5, 0.6) is 0 Å². The van der Waals surface area contributed by atoms with E-state index in [1.54, 1.807) is 4.90 Å². The number of carboxylic acids is 1. The summed E-state index contributed by atoms with van der Waals surface area (Å²) in [5.74, 6) is -0.945. The summed E-state index contributed by atoms with van der Waals surface area (Å²) in [4.78, 5) is 24.0. The number of nitrogens with zero attached hydrogens (tertiary/aromatic N) is 1. The molecule has 1 heterocycles. The Kier molecular flexibility index (Phi) is 4.73. The van der Waals surface area contributed by atoms with Gasteiger partial charge in [0, 0.05) is 13.1 Å². The monoisotopic (exact) mass is 229 g/mol. The molecule has 2 unspecified atom stereocenters. The smallest absolute Gasteiger partial charge is 0.305 e. The third-order valence-electron chi connectivity index (χ3n) is 2.84. The van der Waals surface area contributed by atoms with Gasteiger partial charge in [0.1, 0.15) is 0 Å². The predicted molar refractivity (Wildman–Crippen MR) is 58.0 cm³/mol. The lowest BCUT2D eigenvalue weighted by molar-refractivity contribution is -0.139. The highest BCUT2D eigenvalue weighted by Gasteiger charge is 2.30. The van der Waals surface area contributed by atoms with Gasteiger partial charge < -0.3 is 14.7 Å². The Morgan fingerprint density at radius 1 is 1.50 bits per heavy atom. The Balaban J connectivity index is 2.45. The van der Waals surface area contributed by atoms with Crippen LogP contribution >= 0.6 is 0 Å². The molecule has 5 heteroatoms. The molecule has 0 aliphatic carbocycles. The lowest BCUT2D eigenvalue weighted by Crippen LogP contribution is -2.37. The summed E-state index contributed by atoms with van der Waals surface area (Å²) >= 11 is 0. The molecule has 92 valence electrons. The summed E-state index contributed by atoms with van der Waals surface area (Å²) < 4.78 is 5.34. The summed E-state index contributed by atoms with van der Waals surface area (Å²) in [5, 5.41) is 8.58. The van der Waals surface area contributed by atoms with Crippen molar-refractivity contribution >= 4 is 11.9 Å². The van der Waals surface area contributed by atoms with Crippen molar-refractivity contribution in [3.63, 3.8) is 0 Å². The summed E-state index contributed by atoms with van der Waals surface area (Å²) in [5.41, 5.74) is 0. The highest BCUT2D eigenvalue weighted by atomic mass is 16.5. The molecule has 1 aliphatic rings. The minimum atomic E-state index is -0.873. The minimum Gasteiger partial charge on any atom is -0.481 e. The topological polar surface area (TPSA) is 66.8 Å². The van der Waals surface area contributed by atoms with Crippen molar-refractivity contribution in [3.8, 4) is 0 Å². The first kappa shape index (κ1) is 13.0. The Morgan fingerprint density at radius 2 is 2.19 bits per heavy atom. The van der Waals surface area contributed by atoms with E-state index in [1.165, 1.54) is 0 Å². The van der Waals surface area contributed by atoms with E-state index in [0.29, 0.717) is 13.2 Å². The van der Waals surface area contributed by atoms with Crippen molar-refractivity contribution in [2.75, 3.05) is 19.7 Å². The maximum Gasteiger partial charge on any atom is 0.305 e. The summed E-state index contributed by atoms with van der Waals surface area (Å²) in [7, 11) is 0. The third kappa shape index (κ3) is 3.48. The standard InChI is InChI=1S/C11H19NO4/c1-3-12(5-4-10(13)14)11(15)9-6-8(2)16-7-9/h8-9H,3-7H2,1-2H3,(H,13,14). The van der Waals surface area contributed by atoms with E-state index in [4.69, 9.17) is 9.84 Å². The summed E-state index contributed by atoms with van der Waals surface area (Å²) in [6.07, 6.45) is 0.873. The minimum absolute atomic E-state index is 0.00269. The first-order valence-electron chi connectivity index (χ1n) is 5.66. The average Bonchev–Trinajstić information content (AvgIpc) is 2.65. The highest BCUT2D eigenvalue weighted by Crippen LogP contribution is 2.21. The summed E-state index contributed by atoms with van der Waals surface area (Å²) in [6, 6.07) is 0. The molecule has 5 nitrogen and oxygen atoms in total. The van der Waals surface area contributed by atoms with Gasteiger partial charge in [-0.25, -0.2) is 0 Å². The number of rotatable bonds is 5. The van der Waals surface area contributed by atoms with Gasteiger partial charge in [-0.3, -0.25) is 9.59 Å². The second-order valence-corrected chi connectivity index (χ2v) is 4.14. The molecule has 1 N–H and O–H groups in total. The molecule has 0 spiro atoms. The zero-order valence-corrected chi connectivity index (χ0v) is 9.81. The van der Waals surface area contributed by atoms with Crippen LogP contribution in [0, 0.1) is 5.92 Å². The molecular weight excluding hydrogens is 210 g/mol. The van der Waals surface area contributed by atoms with E-state index in [0.717, 1.165) is 6.42 Å². The number of carboxylic acid groups (broad SMARTS) is 1. The van der Waals surface area contributed by atoms with Crippen LogP contribution in [0.25, 0.3) is 0 Å². The Morgan fingerprint density at radius 3 is 2.62 bits per heavy atom. The number of carbonyl (C=O) groups is 2. The molecule has 1 rings (SSSR count). The average molecular weight is 229 g/mol. The molecule has 1 fully saturated rings. The molecule has 0 saturated carbocycles. The molecule has 0 bridgehead atoms. The van der Waals surface area contributed by atoms with E-state index in [1.807, 2.05) is 13.8 Å². The molecule has 1 amide bonds. The van der Waals surface area contributed by atoms with Crippen LogP contribution in [0.2, 0.25) is 0 Å². The number of hydrogen-bond acceptors (Lipinski definition) is 3. The number of amides is 1. The van der Waals surface area contributed by atoms with Crippen LogP contribution in [0.3, 0.4) is 0 Å². The molecular formula is C11H19NO4. The lowest BCUT2D eigenvalue weighted by Gasteiger charge is -2.22. The van der Waals surface area contributed by atoms with Crippen LogP contribution in [0.1, 0.15) is 26.7 Å². The molecule has 0 aromatic heterocycles. The molecule has 0 aromatic rings. The van der Waals surface area contributed by atoms with Crippen molar-refractivity contribution in [3.05, 3.63) is 0 Å². The second kappa shape index (κ2) is 5.84. The number of ether oxygens (including phenoxy) is 1. The van der Waals surface area contributed by atoms with E-state index < -0.39 is 5.97 Å². The number of hydrogen-bond donors (Lipinski definition) is 1. The van der Waals surface area contributed by atoms with E-state index in [-0.39, 0.29) is 30.9 Å². The Labute approximate surface area is 95.4 Å². The zero-order chi connectivity index (χ0) is 12.1. The van der Waals surface area contributed by atoms with Crippen molar-refractivity contribution < 1.29 is 19.4 Å². The van der Waals surface area contributed by atoms with Gasteiger partial charge in [-0.1, -0.05) is 0 Å². The van der Waals surface area contributed by atoms with Gasteiger partial charge in [-0.15, -0.1) is 0 Å². The fourth-order valence-electron chi connectivity index (χ4n) is 1.90.